The molecule has 0 aliphatic rings. The summed E-state index contributed by atoms with van der Waals surface area (Å²) in [6.45, 7) is 2.88. The highest BCUT2D eigenvalue weighted by atomic mass is 35.5. The second kappa shape index (κ2) is 12.9. The van der Waals surface area contributed by atoms with E-state index in [0.29, 0.717) is 26.1 Å². The van der Waals surface area contributed by atoms with E-state index < -0.39 is 10.0 Å². The summed E-state index contributed by atoms with van der Waals surface area (Å²) in [5.41, 5.74) is 2.05. The normalized spacial score (nSPS) is 11.7. The predicted octanol–water partition coefficient (Wildman–Crippen LogP) is 5.62. The SMILES string of the molecule is COCCCN(CC(=O)N(Cc1ccccc1)Cc1sccc1C)S(=O)(=O)c1cc(Cl)ccc1Cl. The number of rotatable bonds is 12. The molecule has 35 heavy (non-hydrogen) atoms. The first-order valence-electron chi connectivity index (χ1n) is 11.0. The van der Waals surface area contributed by atoms with Crippen molar-refractivity contribution in [2.75, 3.05) is 26.8 Å². The van der Waals surface area contributed by atoms with Crippen molar-refractivity contribution < 1.29 is 17.9 Å². The predicted molar refractivity (Wildman–Crippen MR) is 141 cm³/mol. The van der Waals surface area contributed by atoms with Gasteiger partial charge in [-0.05, 0) is 54.1 Å². The van der Waals surface area contributed by atoms with Crippen molar-refractivity contribution in [3.05, 3.63) is 86.0 Å². The molecule has 3 aromatic rings. The number of halogens is 2. The molecular weight excluding hydrogens is 527 g/mol. The summed E-state index contributed by atoms with van der Waals surface area (Å²) in [6, 6.07) is 15.9. The van der Waals surface area contributed by atoms with Crippen LogP contribution in [0.4, 0.5) is 0 Å². The van der Waals surface area contributed by atoms with Gasteiger partial charge >= 0.3 is 0 Å². The van der Waals surface area contributed by atoms with Crippen LogP contribution in [-0.2, 0) is 32.6 Å². The molecular formula is C25H28Cl2N2O4S2. The Balaban J connectivity index is 1.91. The Morgan fingerprint density at radius 3 is 2.46 bits per heavy atom. The first kappa shape index (κ1) is 27.6. The molecule has 6 nitrogen and oxygen atoms in total. The van der Waals surface area contributed by atoms with E-state index in [0.717, 1.165) is 20.3 Å². The van der Waals surface area contributed by atoms with Crippen LogP contribution in [-0.4, -0.2) is 50.3 Å². The zero-order valence-electron chi connectivity index (χ0n) is 19.6. The average molecular weight is 556 g/mol. The number of nitrogens with zero attached hydrogens (tertiary/aromatic N) is 2. The number of amides is 1. The van der Waals surface area contributed by atoms with Crippen LogP contribution in [0, 0.1) is 6.92 Å². The third-order valence-corrected chi connectivity index (χ3v) is 9.02. The van der Waals surface area contributed by atoms with E-state index in [4.69, 9.17) is 27.9 Å². The van der Waals surface area contributed by atoms with E-state index in [1.165, 1.54) is 18.2 Å². The summed E-state index contributed by atoms with van der Waals surface area (Å²) in [5.74, 6) is -0.305. The molecule has 3 rings (SSSR count). The highest BCUT2D eigenvalue weighted by molar-refractivity contribution is 7.89. The Morgan fingerprint density at radius 1 is 1.06 bits per heavy atom. The molecule has 0 N–H and O–H groups in total. The Hall–Kier alpha value is -1.94. The summed E-state index contributed by atoms with van der Waals surface area (Å²) in [7, 11) is -2.55. The van der Waals surface area contributed by atoms with E-state index in [1.54, 1.807) is 23.3 Å². The van der Waals surface area contributed by atoms with Gasteiger partial charge in [-0.3, -0.25) is 4.79 Å². The maximum atomic E-state index is 13.6. The lowest BCUT2D eigenvalue weighted by Gasteiger charge is -2.28. The zero-order valence-corrected chi connectivity index (χ0v) is 22.8. The molecule has 0 saturated heterocycles. The van der Waals surface area contributed by atoms with Gasteiger partial charge in [0.2, 0.25) is 15.9 Å². The molecule has 0 saturated carbocycles. The van der Waals surface area contributed by atoms with Gasteiger partial charge in [0, 0.05) is 36.7 Å². The number of benzene rings is 2. The van der Waals surface area contributed by atoms with Crippen molar-refractivity contribution in [2.24, 2.45) is 0 Å². The van der Waals surface area contributed by atoms with Gasteiger partial charge in [0.15, 0.2) is 0 Å². The topological polar surface area (TPSA) is 66.9 Å². The molecule has 0 unspecified atom stereocenters. The minimum Gasteiger partial charge on any atom is -0.385 e. The van der Waals surface area contributed by atoms with Crippen LogP contribution in [0.5, 0.6) is 0 Å². The number of hydrogen-bond donors (Lipinski definition) is 0. The van der Waals surface area contributed by atoms with Crippen molar-refractivity contribution >= 4 is 50.5 Å². The van der Waals surface area contributed by atoms with Crippen LogP contribution in [0.3, 0.4) is 0 Å². The van der Waals surface area contributed by atoms with Crippen LogP contribution in [0.25, 0.3) is 0 Å². The van der Waals surface area contributed by atoms with Crippen LogP contribution in [0.1, 0.15) is 22.4 Å². The summed E-state index contributed by atoms with van der Waals surface area (Å²) >= 11 is 13.9. The monoisotopic (exact) mass is 554 g/mol. The molecule has 1 heterocycles. The fourth-order valence-corrected chi connectivity index (χ4v) is 6.60. The van der Waals surface area contributed by atoms with Gasteiger partial charge < -0.3 is 9.64 Å². The van der Waals surface area contributed by atoms with Gasteiger partial charge in [-0.2, -0.15) is 4.31 Å². The van der Waals surface area contributed by atoms with Gasteiger partial charge in [-0.15, -0.1) is 11.3 Å². The average Bonchev–Trinajstić information content (AvgIpc) is 3.24. The number of carbonyl (C=O) groups excluding carboxylic acids is 1. The number of carbonyl (C=O) groups is 1. The fourth-order valence-electron chi connectivity index (χ4n) is 3.51. The highest BCUT2D eigenvalue weighted by Crippen LogP contribution is 2.28. The quantitative estimate of drug-likeness (QED) is 0.272. The van der Waals surface area contributed by atoms with Gasteiger partial charge in [0.25, 0.3) is 0 Å². The van der Waals surface area contributed by atoms with E-state index >= 15 is 0 Å². The number of methoxy groups -OCH3 is 1. The largest absolute Gasteiger partial charge is 0.385 e. The highest BCUT2D eigenvalue weighted by Gasteiger charge is 2.30. The van der Waals surface area contributed by atoms with Crippen molar-refractivity contribution in [3.8, 4) is 0 Å². The molecule has 0 bridgehead atoms. The van der Waals surface area contributed by atoms with Crippen molar-refractivity contribution in [1.82, 2.24) is 9.21 Å². The van der Waals surface area contributed by atoms with Gasteiger partial charge in [-0.1, -0.05) is 53.5 Å². The number of hydrogen-bond acceptors (Lipinski definition) is 5. The Morgan fingerprint density at radius 2 is 1.80 bits per heavy atom. The van der Waals surface area contributed by atoms with Crippen molar-refractivity contribution in [3.63, 3.8) is 0 Å². The molecule has 0 spiro atoms. The molecule has 0 fully saturated rings. The maximum Gasteiger partial charge on any atom is 0.245 e. The minimum atomic E-state index is -4.09. The molecule has 188 valence electrons. The number of ether oxygens (including phenoxy) is 1. The van der Waals surface area contributed by atoms with E-state index in [2.05, 4.69) is 0 Å². The number of sulfonamides is 1. The molecule has 10 heteroatoms. The maximum absolute atomic E-state index is 13.6. The molecule has 0 aliphatic carbocycles. The van der Waals surface area contributed by atoms with Gasteiger partial charge in [0.1, 0.15) is 4.90 Å². The summed E-state index contributed by atoms with van der Waals surface area (Å²) in [5, 5.41) is 2.28. The standard InChI is InChI=1S/C25H28Cl2N2O4S2/c1-19-11-14-34-23(19)17-28(16-20-7-4-3-5-8-20)25(30)18-29(12-6-13-33-2)35(31,32)24-15-21(26)9-10-22(24)27/h3-5,7-11,14-15H,6,12-13,16-18H2,1-2H3. The number of thiophene rings is 1. The van der Waals surface area contributed by atoms with E-state index in [1.807, 2.05) is 48.7 Å². The van der Waals surface area contributed by atoms with Crippen molar-refractivity contribution in [1.29, 1.82) is 0 Å². The van der Waals surface area contributed by atoms with E-state index in [9.17, 15) is 13.2 Å². The molecule has 2 aromatic carbocycles. The van der Waals surface area contributed by atoms with Gasteiger partial charge in [-0.25, -0.2) is 8.42 Å². The molecule has 1 amide bonds. The Bertz CT molecular complexity index is 1230. The first-order chi connectivity index (χ1) is 16.7. The van der Waals surface area contributed by atoms with Crippen molar-refractivity contribution in [2.45, 2.75) is 31.3 Å². The lowest BCUT2D eigenvalue weighted by molar-refractivity contribution is -0.132. The lowest BCUT2D eigenvalue weighted by Crippen LogP contribution is -2.43. The molecule has 0 atom stereocenters. The van der Waals surface area contributed by atoms with Crippen LogP contribution in [0.15, 0.2) is 64.9 Å². The lowest BCUT2D eigenvalue weighted by atomic mass is 10.2. The molecule has 1 aromatic heterocycles. The molecule has 0 aliphatic heterocycles. The van der Waals surface area contributed by atoms with Crippen LogP contribution >= 0.6 is 34.5 Å². The van der Waals surface area contributed by atoms with E-state index in [-0.39, 0.29) is 33.9 Å². The summed E-state index contributed by atoms with van der Waals surface area (Å²) in [4.78, 5) is 16.2. The second-order valence-electron chi connectivity index (χ2n) is 8.02. The Labute approximate surface area is 221 Å². The first-order valence-corrected chi connectivity index (χ1v) is 14.1. The Kier molecular flexibility index (Phi) is 10.1. The summed E-state index contributed by atoms with van der Waals surface area (Å²) in [6.07, 6.45) is 0.421. The second-order valence-corrected chi connectivity index (χ2v) is 11.8. The third-order valence-electron chi connectivity index (χ3n) is 5.45. The smallest absolute Gasteiger partial charge is 0.245 e. The van der Waals surface area contributed by atoms with Crippen LogP contribution < -0.4 is 0 Å². The fraction of sp³-hybridized carbons (Fsp3) is 0.320. The molecule has 0 radical (unpaired) electrons. The third kappa shape index (κ3) is 7.52. The summed E-state index contributed by atoms with van der Waals surface area (Å²) < 4.78 is 33.4. The minimum absolute atomic E-state index is 0.0499. The van der Waals surface area contributed by atoms with Crippen LogP contribution in [0.2, 0.25) is 10.0 Å². The van der Waals surface area contributed by atoms with Gasteiger partial charge in [0.05, 0.1) is 18.1 Å². The zero-order chi connectivity index (χ0) is 25.4. The number of aryl methyl sites for hydroxylation is 1.